The highest BCUT2D eigenvalue weighted by Crippen LogP contribution is 2.29. The summed E-state index contributed by atoms with van der Waals surface area (Å²) in [6.07, 6.45) is 2.68. The molecule has 20 heavy (non-hydrogen) atoms. The lowest BCUT2D eigenvalue weighted by atomic mass is 9.98. The van der Waals surface area contributed by atoms with E-state index in [1.54, 1.807) is 0 Å². The van der Waals surface area contributed by atoms with Gasteiger partial charge in [0, 0.05) is 17.8 Å². The molecule has 0 radical (unpaired) electrons. The summed E-state index contributed by atoms with van der Waals surface area (Å²) in [5.74, 6) is -0.426. The number of Topliss-reactive ketones (excluding diaryl/α,β-unsaturated/α-hetero) is 1. The molecular weight excluding hydrogens is 297 g/mol. The summed E-state index contributed by atoms with van der Waals surface area (Å²) in [5.41, 5.74) is 6.92. The van der Waals surface area contributed by atoms with Crippen LogP contribution in [0.25, 0.3) is 0 Å². The first-order valence-electron chi connectivity index (χ1n) is 6.21. The first-order chi connectivity index (χ1) is 9.54. The molecular formula is C14H13Cl2N3O. The molecule has 0 spiro atoms. The Morgan fingerprint density at radius 1 is 1.30 bits per heavy atom. The van der Waals surface area contributed by atoms with Gasteiger partial charge in [-0.25, -0.2) is 0 Å². The van der Waals surface area contributed by atoms with Crippen LogP contribution in [0.4, 0.5) is 5.69 Å². The number of nitrogens with zero attached hydrogens (tertiary/aromatic N) is 1. The molecule has 1 aromatic carbocycles. The molecule has 1 aliphatic rings. The zero-order valence-electron chi connectivity index (χ0n) is 10.7. The predicted molar refractivity (Wildman–Crippen MR) is 79.7 cm³/mol. The fraction of sp³-hybridized carbons (Fsp3) is 0.286. The highest BCUT2D eigenvalue weighted by atomic mass is 35.5. The molecule has 0 bridgehead atoms. The second kappa shape index (κ2) is 6.17. The molecule has 104 valence electrons. The number of benzene rings is 1. The van der Waals surface area contributed by atoms with Crippen LogP contribution in [0.2, 0.25) is 10.0 Å². The van der Waals surface area contributed by atoms with Crippen molar-refractivity contribution in [2.24, 2.45) is 0 Å². The summed E-state index contributed by atoms with van der Waals surface area (Å²) in [5, 5.41) is 12.8. The maximum atomic E-state index is 12.5. The van der Waals surface area contributed by atoms with Crippen molar-refractivity contribution < 1.29 is 4.79 Å². The van der Waals surface area contributed by atoms with Gasteiger partial charge in [0.15, 0.2) is 0 Å². The average molecular weight is 310 g/mol. The third-order valence-electron chi connectivity index (χ3n) is 3.16. The van der Waals surface area contributed by atoms with E-state index in [9.17, 15) is 10.1 Å². The molecule has 6 heteroatoms. The zero-order chi connectivity index (χ0) is 14.7. The van der Waals surface area contributed by atoms with Crippen LogP contribution in [0.15, 0.2) is 23.4 Å². The standard InChI is InChI=1S/C14H13Cl2N3O/c15-10-6-11(16)12(18)5-8(10)14(20)9(7-17)13-3-1-2-4-19-13/h5-6,19H,1-4,18H2/b13-9-. The Morgan fingerprint density at radius 3 is 2.65 bits per heavy atom. The summed E-state index contributed by atoms with van der Waals surface area (Å²) in [4.78, 5) is 12.5. The normalized spacial score (nSPS) is 17.1. The lowest BCUT2D eigenvalue weighted by Gasteiger charge is -2.18. The molecule has 0 aliphatic carbocycles. The van der Waals surface area contributed by atoms with E-state index in [1.165, 1.54) is 12.1 Å². The fourth-order valence-electron chi connectivity index (χ4n) is 2.10. The summed E-state index contributed by atoms with van der Waals surface area (Å²) in [6, 6.07) is 4.79. The van der Waals surface area contributed by atoms with Gasteiger partial charge < -0.3 is 11.1 Å². The fourth-order valence-corrected chi connectivity index (χ4v) is 2.57. The van der Waals surface area contributed by atoms with Crippen molar-refractivity contribution >= 4 is 34.7 Å². The number of carbonyl (C=O) groups excluding carboxylic acids is 1. The SMILES string of the molecule is N#C/C(C(=O)c1cc(N)c(Cl)cc1Cl)=C1\CCCCN1. The molecule has 1 aliphatic heterocycles. The van der Waals surface area contributed by atoms with Crippen molar-refractivity contribution in [1.82, 2.24) is 5.32 Å². The molecule has 1 heterocycles. The lowest BCUT2D eigenvalue weighted by molar-refractivity contribution is 0.103. The van der Waals surface area contributed by atoms with Crippen LogP contribution in [-0.2, 0) is 0 Å². The number of piperidine rings is 1. The molecule has 1 aromatic rings. The largest absolute Gasteiger partial charge is 0.398 e. The molecule has 3 N–H and O–H groups in total. The van der Waals surface area contributed by atoms with Crippen LogP contribution < -0.4 is 11.1 Å². The minimum absolute atomic E-state index is 0.0910. The smallest absolute Gasteiger partial charge is 0.206 e. The molecule has 0 aromatic heterocycles. The van der Waals surface area contributed by atoms with Gasteiger partial charge in [-0.15, -0.1) is 0 Å². The minimum Gasteiger partial charge on any atom is -0.398 e. The Morgan fingerprint density at radius 2 is 2.05 bits per heavy atom. The van der Waals surface area contributed by atoms with E-state index in [2.05, 4.69) is 5.32 Å². The van der Waals surface area contributed by atoms with Crippen LogP contribution in [0.5, 0.6) is 0 Å². The molecule has 1 fully saturated rings. The average Bonchev–Trinajstić information content (AvgIpc) is 2.44. The van der Waals surface area contributed by atoms with Gasteiger partial charge in [-0.1, -0.05) is 23.2 Å². The van der Waals surface area contributed by atoms with Crippen LogP contribution in [0, 0.1) is 11.3 Å². The van der Waals surface area contributed by atoms with Crippen molar-refractivity contribution in [2.45, 2.75) is 19.3 Å². The maximum Gasteiger partial charge on any atom is 0.206 e. The van der Waals surface area contributed by atoms with Gasteiger partial charge in [0.2, 0.25) is 5.78 Å². The van der Waals surface area contributed by atoms with Crippen molar-refractivity contribution in [2.75, 3.05) is 12.3 Å². The monoisotopic (exact) mass is 309 g/mol. The van der Waals surface area contributed by atoms with E-state index in [4.69, 9.17) is 28.9 Å². The van der Waals surface area contributed by atoms with Gasteiger partial charge in [-0.2, -0.15) is 5.26 Å². The van der Waals surface area contributed by atoms with E-state index in [-0.39, 0.29) is 26.9 Å². The molecule has 0 saturated carbocycles. The number of allylic oxidation sites excluding steroid dienone is 2. The number of hydrogen-bond acceptors (Lipinski definition) is 4. The number of halogens is 2. The van der Waals surface area contributed by atoms with Crippen LogP contribution in [-0.4, -0.2) is 12.3 Å². The van der Waals surface area contributed by atoms with Crippen molar-refractivity contribution in [3.8, 4) is 6.07 Å². The van der Waals surface area contributed by atoms with Gasteiger partial charge in [0.05, 0.1) is 15.7 Å². The number of nitrogens with one attached hydrogen (secondary N) is 1. The Hall–Kier alpha value is -1.70. The van der Waals surface area contributed by atoms with E-state index >= 15 is 0 Å². The maximum absolute atomic E-state index is 12.5. The molecule has 0 amide bonds. The lowest BCUT2D eigenvalue weighted by Crippen LogP contribution is -2.23. The highest BCUT2D eigenvalue weighted by Gasteiger charge is 2.21. The first kappa shape index (κ1) is 14.7. The number of carbonyl (C=O) groups is 1. The number of anilines is 1. The second-order valence-corrected chi connectivity index (χ2v) is 5.35. The van der Waals surface area contributed by atoms with Gasteiger partial charge in [0.1, 0.15) is 11.6 Å². The van der Waals surface area contributed by atoms with E-state index < -0.39 is 5.78 Å². The molecule has 4 nitrogen and oxygen atoms in total. The highest BCUT2D eigenvalue weighted by molar-refractivity contribution is 6.39. The van der Waals surface area contributed by atoms with E-state index in [1.807, 2.05) is 6.07 Å². The molecule has 2 rings (SSSR count). The van der Waals surface area contributed by atoms with Gasteiger partial charge >= 0.3 is 0 Å². The number of hydrogen-bond donors (Lipinski definition) is 2. The Labute approximate surface area is 127 Å². The summed E-state index contributed by atoms with van der Waals surface area (Å²) in [6.45, 7) is 0.768. The van der Waals surface area contributed by atoms with E-state index in [0.717, 1.165) is 19.4 Å². The third kappa shape index (κ3) is 2.90. The number of nitriles is 1. The second-order valence-electron chi connectivity index (χ2n) is 4.53. The van der Waals surface area contributed by atoms with Gasteiger partial charge in [-0.05, 0) is 31.4 Å². The number of nitrogens with two attached hydrogens (primary N) is 1. The van der Waals surface area contributed by atoms with Crippen LogP contribution in [0.3, 0.4) is 0 Å². The Bertz CT molecular complexity index is 624. The predicted octanol–water partition coefficient (Wildman–Crippen LogP) is 3.31. The van der Waals surface area contributed by atoms with Crippen molar-refractivity contribution in [1.29, 1.82) is 5.26 Å². The molecule has 1 saturated heterocycles. The number of rotatable bonds is 2. The first-order valence-corrected chi connectivity index (χ1v) is 6.96. The number of nitrogen functional groups attached to an aromatic ring is 1. The Balaban J connectivity index is 2.44. The minimum atomic E-state index is -0.426. The molecule has 0 unspecified atom stereocenters. The zero-order valence-corrected chi connectivity index (χ0v) is 12.2. The number of ketones is 1. The van der Waals surface area contributed by atoms with Gasteiger partial charge in [0.25, 0.3) is 0 Å². The molecule has 0 atom stereocenters. The van der Waals surface area contributed by atoms with Crippen molar-refractivity contribution in [3.05, 3.63) is 39.0 Å². The van der Waals surface area contributed by atoms with E-state index in [0.29, 0.717) is 12.1 Å². The Kier molecular flexibility index (Phi) is 4.53. The summed E-state index contributed by atoms with van der Waals surface area (Å²) < 4.78 is 0. The van der Waals surface area contributed by atoms with Gasteiger partial charge in [-0.3, -0.25) is 4.79 Å². The van der Waals surface area contributed by atoms with Crippen LogP contribution in [0.1, 0.15) is 29.6 Å². The topological polar surface area (TPSA) is 78.9 Å². The van der Waals surface area contributed by atoms with Crippen molar-refractivity contribution in [3.63, 3.8) is 0 Å². The summed E-state index contributed by atoms with van der Waals surface area (Å²) in [7, 11) is 0. The summed E-state index contributed by atoms with van der Waals surface area (Å²) >= 11 is 11.9. The third-order valence-corrected chi connectivity index (χ3v) is 3.80. The quantitative estimate of drug-likeness (QED) is 0.380. The van der Waals surface area contributed by atoms with Crippen LogP contribution >= 0.6 is 23.2 Å².